The monoisotopic (exact) mass is 361 g/mol. The lowest BCUT2D eigenvalue weighted by molar-refractivity contribution is 0.275. The molecule has 0 saturated heterocycles. The Bertz CT molecular complexity index is 1120. The van der Waals surface area contributed by atoms with Crippen molar-refractivity contribution in [3.63, 3.8) is 0 Å². The molecule has 7 nitrogen and oxygen atoms in total. The van der Waals surface area contributed by atoms with Gasteiger partial charge in [0.05, 0.1) is 24.2 Å². The van der Waals surface area contributed by atoms with E-state index in [1.54, 1.807) is 23.9 Å². The van der Waals surface area contributed by atoms with Gasteiger partial charge in [0, 0.05) is 12.6 Å². The van der Waals surface area contributed by atoms with Gasteiger partial charge >= 0.3 is 0 Å². The number of aliphatic hydroxyl groups is 1. The smallest absolute Gasteiger partial charge is 0.220 e. The van der Waals surface area contributed by atoms with Crippen molar-refractivity contribution >= 4 is 18.2 Å². The summed E-state index contributed by atoms with van der Waals surface area (Å²) in [6.07, 6.45) is 3.49. The van der Waals surface area contributed by atoms with Crippen LogP contribution >= 0.6 is 0 Å². The van der Waals surface area contributed by atoms with E-state index in [4.69, 9.17) is 0 Å². The second-order valence-corrected chi connectivity index (χ2v) is 6.30. The van der Waals surface area contributed by atoms with E-state index in [2.05, 4.69) is 20.5 Å². The molecule has 1 aliphatic rings. The largest absolute Gasteiger partial charge is 0.493 e. The van der Waals surface area contributed by atoms with Crippen LogP contribution in [0.3, 0.4) is 0 Å². The van der Waals surface area contributed by atoms with E-state index in [9.17, 15) is 10.2 Å². The first kappa shape index (κ1) is 17.0. The van der Waals surface area contributed by atoms with Crippen LogP contribution in [0, 0.1) is 0 Å². The van der Waals surface area contributed by atoms with Gasteiger partial charge in [0.15, 0.2) is 0 Å². The van der Waals surface area contributed by atoms with Gasteiger partial charge in [-0.3, -0.25) is 4.57 Å². The van der Waals surface area contributed by atoms with Crippen molar-refractivity contribution < 1.29 is 10.2 Å². The van der Waals surface area contributed by atoms with Crippen LogP contribution in [0.4, 0.5) is 5.95 Å². The summed E-state index contributed by atoms with van der Waals surface area (Å²) in [7, 11) is 1.72. The molecule has 1 aliphatic heterocycles. The molecule has 1 aromatic heterocycles. The van der Waals surface area contributed by atoms with Crippen molar-refractivity contribution in [3.8, 4) is 5.88 Å². The molecule has 0 bridgehead atoms. The number of anilines is 1. The highest BCUT2D eigenvalue weighted by Crippen LogP contribution is 2.25. The maximum Gasteiger partial charge on any atom is 0.220 e. The van der Waals surface area contributed by atoms with Gasteiger partial charge in [-0.1, -0.05) is 36.4 Å². The average molecular weight is 361 g/mol. The maximum atomic E-state index is 10.5. The molecule has 2 aromatic carbocycles. The van der Waals surface area contributed by atoms with E-state index >= 15 is 0 Å². The van der Waals surface area contributed by atoms with Crippen molar-refractivity contribution in [2.75, 3.05) is 11.9 Å². The molecular weight excluding hydrogens is 342 g/mol. The van der Waals surface area contributed by atoms with E-state index in [1.807, 2.05) is 48.5 Å². The number of imidazole rings is 1. The molecule has 0 spiro atoms. The zero-order valence-corrected chi connectivity index (χ0v) is 14.7. The number of aromatic nitrogens is 2. The number of hydrogen-bond acceptors (Lipinski definition) is 6. The molecule has 136 valence electrons. The van der Waals surface area contributed by atoms with Crippen LogP contribution < -0.4 is 15.9 Å². The number of hydrogen-bond donors (Lipinski definition) is 3. The van der Waals surface area contributed by atoms with Gasteiger partial charge in [-0.2, -0.15) is 10.2 Å². The van der Waals surface area contributed by atoms with Gasteiger partial charge in [0.25, 0.3) is 0 Å². The molecule has 27 heavy (non-hydrogen) atoms. The Kier molecular flexibility index (Phi) is 4.43. The van der Waals surface area contributed by atoms with Crippen LogP contribution in [0.2, 0.25) is 0 Å². The third-order valence-corrected chi connectivity index (χ3v) is 4.50. The molecule has 0 radical (unpaired) electrons. The fourth-order valence-corrected chi connectivity index (χ4v) is 2.98. The average Bonchev–Trinajstić information content (AvgIpc) is 3.27. The van der Waals surface area contributed by atoms with E-state index in [1.165, 1.54) is 0 Å². The number of nitrogens with one attached hydrogen (secondary N) is 1. The van der Waals surface area contributed by atoms with Crippen molar-refractivity contribution in [2.24, 2.45) is 17.3 Å². The second kappa shape index (κ2) is 7.05. The van der Waals surface area contributed by atoms with Gasteiger partial charge in [0.1, 0.15) is 5.69 Å². The van der Waals surface area contributed by atoms with Crippen LogP contribution in [-0.2, 0) is 7.05 Å². The fraction of sp³-hybridized carbons (Fsp3) is 0.150. The second-order valence-electron chi connectivity index (χ2n) is 6.30. The summed E-state index contributed by atoms with van der Waals surface area (Å²) in [6.45, 7) is -0.0929. The SMILES string of the molecule is Cn1c(N[C@@H](CO)c2ccccc2)nc(C=c2ccc3c(c2)C=NN=3)c1O. The molecule has 0 amide bonds. The van der Waals surface area contributed by atoms with Gasteiger partial charge in [-0.05, 0) is 29.0 Å². The zero-order valence-electron chi connectivity index (χ0n) is 14.7. The van der Waals surface area contributed by atoms with E-state index in [-0.39, 0.29) is 18.5 Å². The number of aliphatic hydroxyl groups excluding tert-OH is 1. The Morgan fingerprint density at radius 3 is 2.78 bits per heavy atom. The Labute approximate surface area is 155 Å². The minimum Gasteiger partial charge on any atom is -0.493 e. The van der Waals surface area contributed by atoms with Crippen molar-refractivity contribution in [1.82, 2.24) is 9.55 Å². The summed E-state index contributed by atoms with van der Waals surface area (Å²) in [4.78, 5) is 4.49. The summed E-state index contributed by atoms with van der Waals surface area (Å²) in [5, 5.41) is 33.0. The lowest BCUT2D eigenvalue weighted by atomic mass is 10.1. The number of aromatic hydroxyl groups is 1. The van der Waals surface area contributed by atoms with Crippen LogP contribution in [0.5, 0.6) is 5.88 Å². The first-order valence-electron chi connectivity index (χ1n) is 8.56. The summed E-state index contributed by atoms with van der Waals surface area (Å²) in [5.41, 5.74) is 2.31. The predicted molar refractivity (Wildman–Crippen MR) is 103 cm³/mol. The zero-order chi connectivity index (χ0) is 18.8. The van der Waals surface area contributed by atoms with Gasteiger partial charge in [-0.25, -0.2) is 4.98 Å². The molecule has 2 heterocycles. The summed E-state index contributed by atoms with van der Waals surface area (Å²) in [6, 6.07) is 15.0. The van der Waals surface area contributed by atoms with Crippen molar-refractivity contribution in [3.05, 3.63) is 75.9 Å². The van der Waals surface area contributed by atoms with Gasteiger partial charge < -0.3 is 15.5 Å². The van der Waals surface area contributed by atoms with Crippen LogP contribution in [0.1, 0.15) is 22.9 Å². The number of nitrogens with zero attached hydrogens (tertiary/aromatic N) is 4. The standard InChI is InChI=1S/C20H19N5O2/c1-25-19(27)17(10-13-7-8-16-15(9-13)11-21-24-16)22-20(25)23-18(12-26)14-5-3-2-4-6-14/h2-11,18,26-27H,12H2,1H3,(H,22,23)/t18-/m0/s1. The normalized spacial score (nSPS) is 14.1. The maximum absolute atomic E-state index is 10.5. The Balaban J connectivity index is 1.66. The Morgan fingerprint density at radius 1 is 1.19 bits per heavy atom. The van der Waals surface area contributed by atoms with Crippen LogP contribution in [0.25, 0.3) is 6.08 Å². The number of fused-ring (bicyclic) bond motifs is 1. The molecule has 0 saturated carbocycles. The molecule has 0 unspecified atom stereocenters. The highest BCUT2D eigenvalue weighted by Gasteiger charge is 2.17. The summed E-state index contributed by atoms with van der Waals surface area (Å²) >= 11 is 0. The third kappa shape index (κ3) is 3.32. The first-order chi connectivity index (χ1) is 13.2. The quantitative estimate of drug-likeness (QED) is 0.633. The van der Waals surface area contributed by atoms with Crippen molar-refractivity contribution in [1.29, 1.82) is 0 Å². The molecular formula is C20H19N5O2. The molecule has 3 aromatic rings. The van der Waals surface area contributed by atoms with E-state index < -0.39 is 0 Å². The minimum absolute atomic E-state index is 0.0427. The highest BCUT2D eigenvalue weighted by molar-refractivity contribution is 5.80. The molecule has 4 rings (SSSR count). The molecule has 3 N–H and O–H groups in total. The summed E-state index contributed by atoms with van der Waals surface area (Å²) < 4.78 is 1.56. The molecule has 0 fully saturated rings. The molecule has 1 atom stereocenters. The van der Waals surface area contributed by atoms with E-state index in [0.717, 1.165) is 21.7 Å². The first-order valence-corrected chi connectivity index (χ1v) is 8.56. The Hall–Kier alpha value is -3.45. The molecule has 0 aliphatic carbocycles. The van der Waals surface area contributed by atoms with E-state index in [0.29, 0.717) is 11.6 Å². The lowest BCUT2D eigenvalue weighted by Crippen LogP contribution is -2.17. The molecule has 7 heteroatoms. The third-order valence-electron chi connectivity index (χ3n) is 4.50. The van der Waals surface area contributed by atoms with Crippen molar-refractivity contribution in [2.45, 2.75) is 6.04 Å². The summed E-state index contributed by atoms with van der Waals surface area (Å²) in [5.74, 6) is 0.514. The Morgan fingerprint density at radius 2 is 2.00 bits per heavy atom. The topological polar surface area (TPSA) is 95.0 Å². The lowest BCUT2D eigenvalue weighted by Gasteiger charge is -2.17. The fourth-order valence-electron chi connectivity index (χ4n) is 2.98. The highest BCUT2D eigenvalue weighted by atomic mass is 16.3. The van der Waals surface area contributed by atoms with Gasteiger partial charge in [0.2, 0.25) is 11.8 Å². The minimum atomic E-state index is -0.322. The number of benzene rings is 2. The predicted octanol–water partition coefficient (Wildman–Crippen LogP) is 1.07. The van der Waals surface area contributed by atoms with Crippen LogP contribution in [0.15, 0.2) is 58.7 Å². The van der Waals surface area contributed by atoms with Gasteiger partial charge in [-0.15, -0.1) is 0 Å². The number of rotatable bonds is 5. The van der Waals surface area contributed by atoms with Crippen LogP contribution in [-0.4, -0.2) is 32.6 Å².